The maximum atomic E-state index is 11.8. The van der Waals surface area contributed by atoms with E-state index in [0.29, 0.717) is 16.6 Å². The number of terminal acetylenes is 1. The van der Waals surface area contributed by atoms with Crippen molar-refractivity contribution in [2.45, 2.75) is 25.8 Å². The smallest absolute Gasteiger partial charge is 0.253 e. The first kappa shape index (κ1) is 12.7. The van der Waals surface area contributed by atoms with E-state index < -0.39 is 0 Å². The minimum Gasteiger partial charge on any atom is -0.348 e. The van der Waals surface area contributed by atoms with E-state index in [1.807, 2.05) is 6.92 Å². The Kier molecular flexibility index (Phi) is 5.00. The Bertz CT molecular complexity index is 394. The molecule has 16 heavy (non-hydrogen) atoms. The molecule has 0 spiro atoms. The fraction of sp³-hybridized carbons (Fsp3) is 0.333. The topological polar surface area (TPSA) is 42.0 Å². The van der Waals surface area contributed by atoms with Crippen LogP contribution in [0.15, 0.2) is 22.9 Å². The van der Waals surface area contributed by atoms with Gasteiger partial charge in [0, 0.05) is 18.7 Å². The molecule has 3 nitrogen and oxygen atoms in total. The number of aromatic nitrogens is 1. The van der Waals surface area contributed by atoms with E-state index in [9.17, 15) is 4.79 Å². The zero-order chi connectivity index (χ0) is 12.0. The van der Waals surface area contributed by atoms with Crippen molar-refractivity contribution in [2.24, 2.45) is 0 Å². The van der Waals surface area contributed by atoms with Crippen LogP contribution in [0.4, 0.5) is 0 Å². The van der Waals surface area contributed by atoms with Gasteiger partial charge in [-0.15, -0.1) is 12.3 Å². The van der Waals surface area contributed by atoms with Gasteiger partial charge in [-0.25, -0.2) is 4.98 Å². The zero-order valence-corrected chi connectivity index (χ0v) is 10.6. The Morgan fingerprint density at radius 3 is 2.94 bits per heavy atom. The van der Waals surface area contributed by atoms with Gasteiger partial charge < -0.3 is 5.32 Å². The van der Waals surface area contributed by atoms with Crippen LogP contribution in [0.1, 0.15) is 30.1 Å². The molecule has 0 saturated carbocycles. The summed E-state index contributed by atoms with van der Waals surface area (Å²) in [6.07, 6.45) is 8.12. The van der Waals surface area contributed by atoms with Gasteiger partial charge >= 0.3 is 0 Å². The number of carbonyl (C=O) groups excluding carboxylic acids is 1. The molecule has 0 saturated heterocycles. The van der Waals surface area contributed by atoms with Crippen molar-refractivity contribution in [3.8, 4) is 12.3 Å². The van der Waals surface area contributed by atoms with Gasteiger partial charge in [0.25, 0.3) is 5.91 Å². The number of halogens is 1. The van der Waals surface area contributed by atoms with Gasteiger partial charge in [0.15, 0.2) is 0 Å². The highest BCUT2D eigenvalue weighted by Gasteiger charge is 2.11. The van der Waals surface area contributed by atoms with Gasteiger partial charge in [-0.2, -0.15) is 0 Å². The fourth-order valence-corrected chi connectivity index (χ4v) is 1.45. The summed E-state index contributed by atoms with van der Waals surface area (Å²) < 4.78 is 0.708. The van der Waals surface area contributed by atoms with Gasteiger partial charge in [-0.3, -0.25) is 4.79 Å². The SMILES string of the molecule is C#CCC(CC)NC(=O)c1ccc(Br)nc1. The lowest BCUT2D eigenvalue weighted by atomic mass is 10.1. The van der Waals surface area contributed by atoms with Crippen molar-refractivity contribution in [3.63, 3.8) is 0 Å². The Labute approximate surface area is 104 Å². The molecule has 1 amide bonds. The first-order valence-corrected chi connectivity index (χ1v) is 5.82. The van der Waals surface area contributed by atoms with Crippen molar-refractivity contribution < 1.29 is 4.79 Å². The van der Waals surface area contributed by atoms with Crippen molar-refractivity contribution in [1.29, 1.82) is 0 Å². The summed E-state index contributed by atoms with van der Waals surface area (Å²) >= 11 is 3.21. The van der Waals surface area contributed by atoms with Crippen LogP contribution in [0.3, 0.4) is 0 Å². The predicted molar refractivity (Wildman–Crippen MR) is 66.9 cm³/mol. The first-order chi connectivity index (χ1) is 7.67. The number of carbonyl (C=O) groups is 1. The number of nitrogens with one attached hydrogen (secondary N) is 1. The molecule has 0 aliphatic carbocycles. The van der Waals surface area contributed by atoms with Gasteiger partial charge in [-0.05, 0) is 34.5 Å². The predicted octanol–water partition coefficient (Wildman–Crippen LogP) is 2.38. The zero-order valence-electron chi connectivity index (χ0n) is 9.03. The molecule has 1 unspecified atom stereocenters. The Morgan fingerprint density at radius 2 is 2.44 bits per heavy atom. The molecule has 1 atom stereocenters. The second-order valence-electron chi connectivity index (χ2n) is 3.36. The second kappa shape index (κ2) is 6.29. The average molecular weight is 281 g/mol. The largest absolute Gasteiger partial charge is 0.348 e. The van der Waals surface area contributed by atoms with Crippen LogP contribution < -0.4 is 5.32 Å². The highest BCUT2D eigenvalue weighted by Crippen LogP contribution is 2.07. The lowest BCUT2D eigenvalue weighted by Gasteiger charge is -2.13. The van der Waals surface area contributed by atoms with Gasteiger partial charge in [0.05, 0.1) is 5.56 Å². The third-order valence-electron chi connectivity index (χ3n) is 2.18. The highest BCUT2D eigenvalue weighted by atomic mass is 79.9. The summed E-state index contributed by atoms with van der Waals surface area (Å²) in [5.74, 6) is 2.41. The molecule has 84 valence electrons. The lowest BCUT2D eigenvalue weighted by Crippen LogP contribution is -2.34. The summed E-state index contributed by atoms with van der Waals surface area (Å²) in [6.45, 7) is 1.99. The standard InChI is InChI=1S/C12H13BrN2O/c1-3-5-10(4-2)15-12(16)9-6-7-11(13)14-8-9/h1,6-8,10H,4-5H2,2H3,(H,15,16). The molecule has 1 aromatic heterocycles. The quantitative estimate of drug-likeness (QED) is 0.680. The molecule has 0 aliphatic heterocycles. The van der Waals surface area contributed by atoms with Crippen molar-refractivity contribution in [1.82, 2.24) is 10.3 Å². The van der Waals surface area contributed by atoms with Crippen LogP contribution in [-0.2, 0) is 0 Å². The molecule has 1 aromatic rings. The summed E-state index contributed by atoms with van der Waals surface area (Å²) in [6, 6.07) is 3.48. The normalized spacial score (nSPS) is 11.6. The van der Waals surface area contributed by atoms with Crippen molar-refractivity contribution in [3.05, 3.63) is 28.5 Å². The van der Waals surface area contributed by atoms with Gasteiger partial charge in [0.2, 0.25) is 0 Å². The minimum atomic E-state index is -0.137. The molecule has 0 aliphatic rings. The van der Waals surface area contributed by atoms with Crippen LogP contribution in [0.25, 0.3) is 0 Å². The van der Waals surface area contributed by atoms with E-state index in [2.05, 4.69) is 32.2 Å². The Morgan fingerprint density at radius 1 is 1.69 bits per heavy atom. The molecule has 1 heterocycles. The molecule has 0 fully saturated rings. The summed E-state index contributed by atoms with van der Waals surface area (Å²) in [5, 5.41) is 2.87. The molecule has 0 radical (unpaired) electrons. The first-order valence-electron chi connectivity index (χ1n) is 5.03. The van der Waals surface area contributed by atoms with Crippen LogP contribution >= 0.6 is 15.9 Å². The number of amides is 1. The van der Waals surface area contributed by atoms with E-state index in [4.69, 9.17) is 6.42 Å². The van der Waals surface area contributed by atoms with E-state index in [-0.39, 0.29) is 11.9 Å². The van der Waals surface area contributed by atoms with Crippen molar-refractivity contribution in [2.75, 3.05) is 0 Å². The number of nitrogens with zero attached hydrogens (tertiary/aromatic N) is 1. The second-order valence-corrected chi connectivity index (χ2v) is 4.17. The van der Waals surface area contributed by atoms with E-state index >= 15 is 0 Å². The molecule has 1 N–H and O–H groups in total. The molecular formula is C12H13BrN2O. The van der Waals surface area contributed by atoms with Crippen molar-refractivity contribution >= 4 is 21.8 Å². The number of pyridine rings is 1. The lowest BCUT2D eigenvalue weighted by molar-refractivity contribution is 0.0936. The van der Waals surface area contributed by atoms with Crippen LogP contribution in [0.5, 0.6) is 0 Å². The van der Waals surface area contributed by atoms with E-state index in [0.717, 1.165) is 6.42 Å². The monoisotopic (exact) mass is 280 g/mol. The molecule has 1 rings (SSSR count). The maximum Gasteiger partial charge on any atom is 0.253 e. The van der Waals surface area contributed by atoms with Gasteiger partial charge in [-0.1, -0.05) is 6.92 Å². The number of hydrogen-bond acceptors (Lipinski definition) is 2. The number of rotatable bonds is 4. The summed E-state index contributed by atoms with van der Waals surface area (Å²) in [4.78, 5) is 15.8. The molecular weight excluding hydrogens is 268 g/mol. The third-order valence-corrected chi connectivity index (χ3v) is 2.65. The van der Waals surface area contributed by atoms with Crippen LogP contribution in [-0.4, -0.2) is 16.9 Å². The van der Waals surface area contributed by atoms with Gasteiger partial charge in [0.1, 0.15) is 4.60 Å². The molecule has 4 heteroatoms. The Balaban J connectivity index is 2.65. The van der Waals surface area contributed by atoms with E-state index in [1.54, 1.807) is 12.1 Å². The fourth-order valence-electron chi connectivity index (χ4n) is 1.22. The molecule has 0 aromatic carbocycles. The van der Waals surface area contributed by atoms with Crippen LogP contribution in [0.2, 0.25) is 0 Å². The summed E-state index contributed by atoms with van der Waals surface area (Å²) in [7, 11) is 0. The summed E-state index contributed by atoms with van der Waals surface area (Å²) in [5.41, 5.74) is 0.540. The third kappa shape index (κ3) is 3.67. The maximum absolute atomic E-state index is 11.8. The van der Waals surface area contributed by atoms with Crippen LogP contribution in [0, 0.1) is 12.3 Å². The highest BCUT2D eigenvalue weighted by molar-refractivity contribution is 9.10. The Hall–Kier alpha value is -1.34. The minimum absolute atomic E-state index is 0.0288. The molecule has 0 bridgehead atoms. The van der Waals surface area contributed by atoms with E-state index in [1.165, 1.54) is 6.20 Å². The average Bonchev–Trinajstić information content (AvgIpc) is 2.29. The number of hydrogen-bond donors (Lipinski definition) is 1.